The van der Waals surface area contributed by atoms with E-state index >= 15 is 0 Å². The van der Waals surface area contributed by atoms with Crippen molar-refractivity contribution in [3.8, 4) is 5.75 Å². The molecule has 0 aliphatic carbocycles. The van der Waals surface area contributed by atoms with Crippen molar-refractivity contribution < 1.29 is 9.84 Å². The first-order valence-corrected chi connectivity index (χ1v) is 8.50. The monoisotopic (exact) mass is 306 g/mol. The molecule has 1 aliphatic heterocycles. The Kier molecular flexibility index (Phi) is 7.16. The molecule has 1 aromatic rings. The Bertz CT molecular complexity index is 431. The molecule has 1 aromatic carbocycles. The number of hydrogen-bond acceptors (Lipinski definition) is 4. The fraction of sp³-hybridized carbons (Fsp3) is 0.667. The van der Waals surface area contributed by atoms with Gasteiger partial charge in [0.05, 0.1) is 0 Å². The molecule has 0 spiro atoms. The standard InChI is InChI=1S/C18H30N2O2/c1-3-9-20-10-7-16(8-11-20)19-13-17(21)14-22-18-6-4-5-15(2)12-18/h4-6,12,16-17,19,21H,3,7-11,13-14H2,1-2H3. The zero-order valence-corrected chi connectivity index (χ0v) is 13.9. The highest BCUT2D eigenvalue weighted by Crippen LogP contribution is 2.13. The minimum absolute atomic E-state index is 0.338. The first-order valence-electron chi connectivity index (χ1n) is 8.50. The summed E-state index contributed by atoms with van der Waals surface area (Å²) in [6.07, 6.45) is 3.11. The van der Waals surface area contributed by atoms with Crippen LogP contribution in [0.25, 0.3) is 0 Å². The number of aryl methyl sites for hydroxylation is 1. The van der Waals surface area contributed by atoms with Crippen molar-refractivity contribution in [3.05, 3.63) is 29.8 Å². The molecular formula is C18H30N2O2. The summed E-state index contributed by atoms with van der Waals surface area (Å²) in [5, 5.41) is 13.5. The second kappa shape index (κ2) is 9.13. The molecule has 2 rings (SSSR count). The molecule has 0 radical (unpaired) electrons. The van der Waals surface area contributed by atoms with Crippen molar-refractivity contribution in [1.82, 2.24) is 10.2 Å². The number of ether oxygens (including phenoxy) is 1. The van der Waals surface area contributed by atoms with Gasteiger partial charge < -0.3 is 20.1 Å². The molecule has 1 heterocycles. The van der Waals surface area contributed by atoms with Crippen molar-refractivity contribution in [3.63, 3.8) is 0 Å². The van der Waals surface area contributed by atoms with Gasteiger partial charge >= 0.3 is 0 Å². The maximum absolute atomic E-state index is 10.0. The van der Waals surface area contributed by atoms with E-state index in [2.05, 4.69) is 17.1 Å². The van der Waals surface area contributed by atoms with Crippen LogP contribution in [-0.4, -0.2) is 54.9 Å². The summed E-state index contributed by atoms with van der Waals surface area (Å²) in [4.78, 5) is 2.52. The van der Waals surface area contributed by atoms with E-state index in [9.17, 15) is 5.11 Å². The van der Waals surface area contributed by atoms with E-state index in [-0.39, 0.29) is 0 Å². The molecule has 1 unspecified atom stereocenters. The largest absolute Gasteiger partial charge is 0.491 e. The second-order valence-corrected chi connectivity index (χ2v) is 6.31. The summed E-state index contributed by atoms with van der Waals surface area (Å²) in [6, 6.07) is 8.46. The van der Waals surface area contributed by atoms with Crippen LogP contribution >= 0.6 is 0 Å². The normalized spacial score (nSPS) is 18.3. The lowest BCUT2D eigenvalue weighted by atomic mass is 10.0. The van der Waals surface area contributed by atoms with Crippen molar-refractivity contribution in [2.24, 2.45) is 0 Å². The Hall–Kier alpha value is -1.10. The summed E-state index contributed by atoms with van der Waals surface area (Å²) in [5.74, 6) is 0.826. The van der Waals surface area contributed by atoms with E-state index in [4.69, 9.17) is 4.74 Å². The van der Waals surface area contributed by atoms with Crippen molar-refractivity contribution in [1.29, 1.82) is 0 Å². The third-order valence-electron chi connectivity index (χ3n) is 4.20. The summed E-state index contributed by atoms with van der Waals surface area (Å²) in [6.45, 7) is 8.75. The van der Waals surface area contributed by atoms with Crippen LogP contribution in [0.3, 0.4) is 0 Å². The second-order valence-electron chi connectivity index (χ2n) is 6.31. The van der Waals surface area contributed by atoms with Gasteiger partial charge in [-0.15, -0.1) is 0 Å². The Labute approximate surface area is 134 Å². The van der Waals surface area contributed by atoms with E-state index in [1.165, 1.54) is 44.5 Å². The predicted molar refractivity (Wildman–Crippen MR) is 90.4 cm³/mol. The van der Waals surface area contributed by atoms with E-state index in [1.54, 1.807) is 0 Å². The quantitative estimate of drug-likeness (QED) is 0.773. The minimum atomic E-state index is -0.464. The van der Waals surface area contributed by atoms with Crippen LogP contribution in [0.4, 0.5) is 0 Å². The summed E-state index contributed by atoms with van der Waals surface area (Å²) in [7, 11) is 0. The molecule has 2 N–H and O–H groups in total. The number of benzene rings is 1. The molecule has 4 nitrogen and oxygen atoms in total. The van der Waals surface area contributed by atoms with Crippen LogP contribution in [-0.2, 0) is 0 Å². The summed E-state index contributed by atoms with van der Waals surface area (Å²) in [5.41, 5.74) is 1.17. The van der Waals surface area contributed by atoms with Gasteiger partial charge in [0.2, 0.25) is 0 Å². The maximum atomic E-state index is 10.0. The van der Waals surface area contributed by atoms with Crippen LogP contribution in [0.5, 0.6) is 5.75 Å². The van der Waals surface area contributed by atoms with E-state index < -0.39 is 6.10 Å². The highest BCUT2D eigenvalue weighted by Gasteiger charge is 2.18. The number of likely N-dealkylation sites (tertiary alicyclic amines) is 1. The highest BCUT2D eigenvalue weighted by molar-refractivity contribution is 5.27. The van der Waals surface area contributed by atoms with Crippen molar-refractivity contribution in [2.75, 3.05) is 32.8 Å². The van der Waals surface area contributed by atoms with Crippen LogP contribution in [0.15, 0.2) is 24.3 Å². The summed E-state index contributed by atoms with van der Waals surface area (Å²) < 4.78 is 5.64. The van der Waals surface area contributed by atoms with Crippen LogP contribution in [0.1, 0.15) is 31.7 Å². The van der Waals surface area contributed by atoms with Gasteiger partial charge in [0, 0.05) is 12.6 Å². The fourth-order valence-electron chi connectivity index (χ4n) is 2.94. The van der Waals surface area contributed by atoms with Gasteiger partial charge in [-0.05, 0) is 63.5 Å². The number of aliphatic hydroxyl groups is 1. The van der Waals surface area contributed by atoms with E-state index in [1.807, 2.05) is 31.2 Å². The zero-order valence-electron chi connectivity index (χ0n) is 13.9. The van der Waals surface area contributed by atoms with Gasteiger partial charge in [0.15, 0.2) is 0 Å². The molecule has 0 amide bonds. The topological polar surface area (TPSA) is 44.7 Å². The maximum Gasteiger partial charge on any atom is 0.119 e. The molecule has 22 heavy (non-hydrogen) atoms. The van der Waals surface area contributed by atoms with Crippen molar-refractivity contribution >= 4 is 0 Å². The third-order valence-corrected chi connectivity index (χ3v) is 4.20. The average molecular weight is 306 g/mol. The molecule has 4 heteroatoms. The fourth-order valence-corrected chi connectivity index (χ4v) is 2.94. The molecule has 0 bridgehead atoms. The Morgan fingerprint density at radius 2 is 2.14 bits per heavy atom. The lowest BCUT2D eigenvalue weighted by Crippen LogP contribution is -2.45. The molecular weight excluding hydrogens is 276 g/mol. The van der Waals surface area contributed by atoms with Crippen LogP contribution in [0, 0.1) is 6.92 Å². The molecule has 0 aromatic heterocycles. The lowest BCUT2D eigenvalue weighted by molar-refractivity contribution is 0.0983. The predicted octanol–water partition coefficient (Wildman–Crippen LogP) is 2.20. The zero-order chi connectivity index (χ0) is 15.8. The van der Waals surface area contributed by atoms with Gasteiger partial charge in [0.25, 0.3) is 0 Å². The molecule has 1 saturated heterocycles. The average Bonchev–Trinajstić information content (AvgIpc) is 2.53. The highest BCUT2D eigenvalue weighted by atomic mass is 16.5. The Morgan fingerprint density at radius 1 is 1.36 bits per heavy atom. The van der Waals surface area contributed by atoms with E-state index in [0.717, 1.165) is 5.75 Å². The minimum Gasteiger partial charge on any atom is -0.491 e. The van der Waals surface area contributed by atoms with Crippen LogP contribution in [0.2, 0.25) is 0 Å². The number of piperidine rings is 1. The number of nitrogens with one attached hydrogen (secondary N) is 1. The van der Waals surface area contributed by atoms with Crippen molar-refractivity contribution in [2.45, 2.75) is 45.3 Å². The number of nitrogens with zero attached hydrogens (tertiary/aromatic N) is 1. The first-order chi connectivity index (χ1) is 10.7. The number of aliphatic hydroxyl groups excluding tert-OH is 1. The number of rotatable bonds is 8. The van der Waals surface area contributed by atoms with E-state index in [0.29, 0.717) is 19.2 Å². The van der Waals surface area contributed by atoms with Gasteiger partial charge in [-0.25, -0.2) is 0 Å². The van der Waals surface area contributed by atoms with Crippen LogP contribution < -0.4 is 10.1 Å². The SMILES string of the molecule is CCCN1CCC(NCC(O)COc2cccc(C)c2)CC1. The van der Waals surface area contributed by atoms with Gasteiger partial charge in [-0.1, -0.05) is 19.1 Å². The van der Waals surface area contributed by atoms with Gasteiger partial charge in [0.1, 0.15) is 18.5 Å². The Morgan fingerprint density at radius 3 is 2.82 bits per heavy atom. The first kappa shape index (κ1) is 17.3. The molecule has 1 fully saturated rings. The number of hydrogen-bond donors (Lipinski definition) is 2. The molecule has 124 valence electrons. The molecule has 1 atom stereocenters. The van der Waals surface area contributed by atoms with Gasteiger partial charge in [-0.3, -0.25) is 0 Å². The third kappa shape index (κ3) is 5.95. The Balaban J connectivity index is 1.61. The van der Waals surface area contributed by atoms with Gasteiger partial charge in [-0.2, -0.15) is 0 Å². The molecule has 1 aliphatic rings. The molecule has 0 saturated carbocycles. The smallest absolute Gasteiger partial charge is 0.119 e. The lowest BCUT2D eigenvalue weighted by Gasteiger charge is -2.32. The summed E-state index contributed by atoms with van der Waals surface area (Å²) >= 11 is 0.